The van der Waals surface area contributed by atoms with Crippen molar-refractivity contribution >= 4 is 23.4 Å². The van der Waals surface area contributed by atoms with Crippen molar-refractivity contribution in [1.82, 2.24) is 4.90 Å². The summed E-state index contributed by atoms with van der Waals surface area (Å²) in [6.07, 6.45) is 1.61. The molecule has 1 N–H and O–H groups in total. The van der Waals surface area contributed by atoms with E-state index in [0.717, 1.165) is 18.7 Å². The SMILES string of the molecule is CCN(C)/C=N\c1cc(F)cc(Nc2ccc(F)c(F)c2)c1C. The maximum Gasteiger partial charge on any atom is 0.160 e. The molecule has 0 amide bonds. The summed E-state index contributed by atoms with van der Waals surface area (Å²) in [6.45, 7) is 4.53. The lowest BCUT2D eigenvalue weighted by atomic mass is 10.1. The van der Waals surface area contributed by atoms with Gasteiger partial charge in [-0.1, -0.05) is 0 Å². The lowest BCUT2D eigenvalue weighted by Crippen LogP contribution is -2.14. The summed E-state index contributed by atoms with van der Waals surface area (Å²) in [4.78, 5) is 6.11. The number of hydrogen-bond donors (Lipinski definition) is 1. The molecule has 122 valence electrons. The molecule has 0 radical (unpaired) electrons. The van der Waals surface area contributed by atoms with E-state index in [1.807, 2.05) is 18.9 Å². The van der Waals surface area contributed by atoms with Crippen molar-refractivity contribution in [3.63, 3.8) is 0 Å². The molecule has 2 aromatic carbocycles. The van der Waals surface area contributed by atoms with Gasteiger partial charge in [-0.15, -0.1) is 0 Å². The van der Waals surface area contributed by atoms with Gasteiger partial charge in [0.15, 0.2) is 11.6 Å². The Morgan fingerprint density at radius 2 is 1.87 bits per heavy atom. The summed E-state index contributed by atoms with van der Waals surface area (Å²) < 4.78 is 40.0. The zero-order chi connectivity index (χ0) is 17.0. The van der Waals surface area contributed by atoms with E-state index in [1.165, 1.54) is 18.2 Å². The Bertz CT molecular complexity index is 729. The summed E-state index contributed by atoms with van der Waals surface area (Å²) in [5, 5.41) is 2.89. The molecule has 0 heterocycles. The van der Waals surface area contributed by atoms with Crippen molar-refractivity contribution in [2.45, 2.75) is 13.8 Å². The molecule has 0 saturated heterocycles. The van der Waals surface area contributed by atoms with Gasteiger partial charge in [-0.05, 0) is 43.7 Å². The number of rotatable bonds is 5. The van der Waals surface area contributed by atoms with Crippen molar-refractivity contribution in [3.8, 4) is 0 Å². The highest BCUT2D eigenvalue weighted by Gasteiger charge is 2.09. The number of halogens is 3. The van der Waals surface area contributed by atoms with Crippen LogP contribution in [0.5, 0.6) is 0 Å². The zero-order valence-corrected chi connectivity index (χ0v) is 13.2. The summed E-state index contributed by atoms with van der Waals surface area (Å²) in [7, 11) is 1.86. The summed E-state index contributed by atoms with van der Waals surface area (Å²) in [6, 6.07) is 6.04. The Hall–Kier alpha value is -2.50. The lowest BCUT2D eigenvalue weighted by molar-refractivity contribution is 0.509. The quantitative estimate of drug-likeness (QED) is 0.635. The predicted molar refractivity (Wildman–Crippen MR) is 87.2 cm³/mol. The molecule has 3 nitrogen and oxygen atoms in total. The number of nitrogens with zero attached hydrogens (tertiary/aromatic N) is 2. The third kappa shape index (κ3) is 4.25. The molecule has 0 unspecified atom stereocenters. The molecule has 0 fully saturated rings. The minimum atomic E-state index is -0.966. The van der Waals surface area contributed by atoms with Crippen molar-refractivity contribution in [2.24, 2.45) is 4.99 Å². The highest BCUT2D eigenvalue weighted by atomic mass is 19.2. The smallest absolute Gasteiger partial charge is 0.160 e. The number of nitrogens with one attached hydrogen (secondary N) is 1. The van der Waals surface area contributed by atoms with E-state index in [9.17, 15) is 13.2 Å². The molecule has 6 heteroatoms. The van der Waals surface area contributed by atoms with Crippen LogP contribution < -0.4 is 5.32 Å². The molecular formula is C17H18F3N3. The monoisotopic (exact) mass is 321 g/mol. The molecule has 0 saturated carbocycles. The molecule has 2 aromatic rings. The van der Waals surface area contributed by atoms with Gasteiger partial charge >= 0.3 is 0 Å². The fourth-order valence-electron chi connectivity index (χ4n) is 1.90. The Balaban J connectivity index is 2.33. The molecule has 0 spiro atoms. The van der Waals surface area contributed by atoms with E-state index >= 15 is 0 Å². The van der Waals surface area contributed by atoms with Crippen LogP contribution in [0.4, 0.5) is 30.2 Å². The van der Waals surface area contributed by atoms with Gasteiger partial charge < -0.3 is 10.2 Å². The fourth-order valence-corrected chi connectivity index (χ4v) is 1.90. The lowest BCUT2D eigenvalue weighted by Gasteiger charge is -2.13. The Morgan fingerprint density at radius 1 is 1.13 bits per heavy atom. The normalized spacial score (nSPS) is 11.0. The van der Waals surface area contributed by atoms with Crippen LogP contribution in [0.2, 0.25) is 0 Å². The maximum absolute atomic E-state index is 13.8. The first kappa shape index (κ1) is 16.9. The standard InChI is InChI=1S/C17H18F3N3/c1-4-23(3)10-21-16-7-12(18)8-17(11(16)2)22-13-5-6-14(19)15(20)9-13/h5-10,22H,4H2,1-3H3/b21-10-. The van der Waals surface area contributed by atoms with Crippen LogP contribution in [0.1, 0.15) is 12.5 Å². The molecule has 23 heavy (non-hydrogen) atoms. The minimum Gasteiger partial charge on any atom is -0.366 e. The minimum absolute atomic E-state index is 0.332. The number of hydrogen-bond acceptors (Lipinski definition) is 2. The second-order valence-electron chi connectivity index (χ2n) is 5.17. The summed E-state index contributed by atoms with van der Waals surface area (Å²) in [5.74, 6) is -2.36. The van der Waals surface area contributed by atoms with Gasteiger partial charge in [0, 0.05) is 31.0 Å². The van der Waals surface area contributed by atoms with Gasteiger partial charge in [-0.3, -0.25) is 0 Å². The third-order valence-electron chi connectivity index (χ3n) is 3.44. The van der Waals surface area contributed by atoms with Crippen molar-refractivity contribution in [2.75, 3.05) is 18.9 Å². The van der Waals surface area contributed by atoms with Crippen LogP contribution >= 0.6 is 0 Å². The van der Waals surface area contributed by atoms with Crippen LogP contribution in [0.25, 0.3) is 0 Å². The molecule has 0 atom stereocenters. The van der Waals surface area contributed by atoms with E-state index in [0.29, 0.717) is 22.6 Å². The number of anilines is 2. The third-order valence-corrected chi connectivity index (χ3v) is 3.44. The average Bonchev–Trinajstić information content (AvgIpc) is 2.52. The zero-order valence-electron chi connectivity index (χ0n) is 13.2. The fraction of sp³-hybridized carbons (Fsp3) is 0.235. The van der Waals surface area contributed by atoms with Crippen LogP contribution in [0.15, 0.2) is 35.3 Å². The predicted octanol–water partition coefficient (Wildman–Crippen LogP) is 4.77. The van der Waals surface area contributed by atoms with Crippen molar-refractivity contribution in [1.29, 1.82) is 0 Å². The topological polar surface area (TPSA) is 27.6 Å². The van der Waals surface area contributed by atoms with Crippen LogP contribution in [-0.2, 0) is 0 Å². The number of aliphatic imine (C=N–C) groups is 1. The first-order valence-electron chi connectivity index (χ1n) is 7.17. The Morgan fingerprint density at radius 3 is 2.52 bits per heavy atom. The van der Waals surface area contributed by atoms with E-state index in [-0.39, 0.29) is 0 Å². The molecule has 0 aliphatic rings. The summed E-state index contributed by atoms with van der Waals surface area (Å²) in [5.41, 5.74) is 1.95. The van der Waals surface area contributed by atoms with E-state index in [1.54, 1.807) is 13.3 Å². The van der Waals surface area contributed by atoms with Gasteiger partial charge in [0.1, 0.15) is 5.82 Å². The highest BCUT2D eigenvalue weighted by molar-refractivity contribution is 5.72. The molecule has 0 aliphatic heterocycles. The first-order valence-corrected chi connectivity index (χ1v) is 7.17. The first-order chi connectivity index (χ1) is 10.9. The van der Waals surface area contributed by atoms with E-state index in [2.05, 4.69) is 10.3 Å². The largest absolute Gasteiger partial charge is 0.366 e. The second-order valence-corrected chi connectivity index (χ2v) is 5.17. The highest BCUT2D eigenvalue weighted by Crippen LogP contribution is 2.30. The van der Waals surface area contributed by atoms with Crippen LogP contribution in [-0.4, -0.2) is 24.8 Å². The molecule has 0 bridgehead atoms. The van der Waals surface area contributed by atoms with E-state index in [4.69, 9.17) is 0 Å². The van der Waals surface area contributed by atoms with Crippen molar-refractivity contribution < 1.29 is 13.2 Å². The van der Waals surface area contributed by atoms with Gasteiger partial charge in [0.25, 0.3) is 0 Å². The van der Waals surface area contributed by atoms with Gasteiger partial charge in [0.2, 0.25) is 0 Å². The van der Waals surface area contributed by atoms with Crippen molar-refractivity contribution in [3.05, 3.63) is 53.3 Å². The Kier molecular flexibility index (Phi) is 5.26. The molecule has 0 aromatic heterocycles. The second kappa shape index (κ2) is 7.17. The van der Waals surface area contributed by atoms with E-state index < -0.39 is 17.5 Å². The Labute approximate surface area is 133 Å². The molecular weight excluding hydrogens is 303 g/mol. The van der Waals surface area contributed by atoms with Crippen LogP contribution in [0.3, 0.4) is 0 Å². The van der Waals surface area contributed by atoms with Gasteiger partial charge in [-0.2, -0.15) is 0 Å². The molecule has 0 aliphatic carbocycles. The average molecular weight is 321 g/mol. The van der Waals surface area contributed by atoms with Gasteiger partial charge in [-0.25, -0.2) is 18.2 Å². The number of benzene rings is 2. The maximum atomic E-state index is 13.8. The van der Waals surface area contributed by atoms with Gasteiger partial charge in [0.05, 0.1) is 12.0 Å². The van der Waals surface area contributed by atoms with Crippen LogP contribution in [0, 0.1) is 24.4 Å². The molecule has 2 rings (SSSR count). The summed E-state index contributed by atoms with van der Waals surface area (Å²) >= 11 is 0.